The average molecular weight is 247 g/mol. The van der Waals surface area contributed by atoms with Crippen molar-refractivity contribution in [3.05, 3.63) is 34.9 Å². The molecule has 1 aromatic rings. The van der Waals surface area contributed by atoms with Crippen molar-refractivity contribution in [1.29, 1.82) is 0 Å². The fourth-order valence-corrected chi connectivity index (χ4v) is 2.03. The van der Waals surface area contributed by atoms with Crippen LogP contribution in [0, 0.1) is 19.8 Å². The lowest BCUT2D eigenvalue weighted by molar-refractivity contribution is 0.124. The van der Waals surface area contributed by atoms with Gasteiger partial charge in [-0.1, -0.05) is 18.2 Å². The molecule has 1 aliphatic carbocycles. The second-order valence-corrected chi connectivity index (χ2v) is 5.54. The molecule has 0 heterocycles. The summed E-state index contributed by atoms with van der Waals surface area (Å²) in [5.74, 6) is 0.863. The van der Waals surface area contributed by atoms with Crippen molar-refractivity contribution in [3.8, 4) is 0 Å². The van der Waals surface area contributed by atoms with Gasteiger partial charge in [-0.2, -0.15) is 0 Å². The third-order valence-corrected chi connectivity index (χ3v) is 3.78. The van der Waals surface area contributed by atoms with Gasteiger partial charge in [0, 0.05) is 19.2 Å². The summed E-state index contributed by atoms with van der Waals surface area (Å²) >= 11 is 0. The predicted octanol–water partition coefficient (Wildman–Crippen LogP) is 3.38. The molecule has 0 bridgehead atoms. The zero-order chi connectivity index (χ0) is 13.0. The maximum atomic E-state index is 5.62. The third-order valence-electron chi connectivity index (χ3n) is 3.78. The van der Waals surface area contributed by atoms with E-state index >= 15 is 0 Å². The fourth-order valence-electron chi connectivity index (χ4n) is 2.03. The summed E-state index contributed by atoms with van der Waals surface area (Å²) in [5.41, 5.74) is 4.09. The molecule has 1 aromatic carbocycles. The highest BCUT2D eigenvalue weighted by atomic mass is 16.5. The van der Waals surface area contributed by atoms with Crippen LogP contribution < -0.4 is 5.32 Å². The number of hydrogen-bond donors (Lipinski definition) is 1. The maximum Gasteiger partial charge on any atom is 0.0591 e. The molecule has 0 saturated heterocycles. The largest absolute Gasteiger partial charge is 0.380 e. The quantitative estimate of drug-likeness (QED) is 0.746. The average Bonchev–Trinajstić information content (AvgIpc) is 3.16. The number of aryl methyl sites for hydroxylation is 2. The lowest BCUT2D eigenvalue weighted by atomic mass is 10.0. The summed E-state index contributed by atoms with van der Waals surface area (Å²) in [6.07, 6.45) is 2.74. The van der Waals surface area contributed by atoms with Gasteiger partial charge in [0.1, 0.15) is 0 Å². The minimum absolute atomic E-state index is 0.397. The van der Waals surface area contributed by atoms with Gasteiger partial charge in [-0.25, -0.2) is 0 Å². The molecule has 0 spiro atoms. The Morgan fingerprint density at radius 2 is 2.06 bits per heavy atom. The van der Waals surface area contributed by atoms with E-state index in [-0.39, 0.29) is 0 Å². The Morgan fingerprint density at radius 1 is 1.28 bits per heavy atom. The molecule has 18 heavy (non-hydrogen) atoms. The van der Waals surface area contributed by atoms with Gasteiger partial charge >= 0.3 is 0 Å². The molecule has 0 aromatic heterocycles. The summed E-state index contributed by atoms with van der Waals surface area (Å²) in [6.45, 7) is 9.25. The molecule has 0 amide bonds. The Balaban J connectivity index is 1.69. The van der Waals surface area contributed by atoms with Crippen molar-refractivity contribution in [1.82, 2.24) is 5.32 Å². The van der Waals surface area contributed by atoms with Crippen LogP contribution in [0.1, 0.15) is 42.5 Å². The van der Waals surface area contributed by atoms with Crippen molar-refractivity contribution in [2.24, 2.45) is 5.92 Å². The van der Waals surface area contributed by atoms with E-state index < -0.39 is 0 Å². The molecular weight excluding hydrogens is 222 g/mol. The molecule has 1 saturated carbocycles. The Bertz CT molecular complexity index is 385. The summed E-state index contributed by atoms with van der Waals surface area (Å²) in [7, 11) is 0. The first-order valence-electron chi connectivity index (χ1n) is 7.05. The molecule has 1 aliphatic rings. The van der Waals surface area contributed by atoms with Crippen molar-refractivity contribution in [2.75, 3.05) is 19.8 Å². The van der Waals surface area contributed by atoms with Crippen LogP contribution in [0.3, 0.4) is 0 Å². The Labute approximate surface area is 111 Å². The second-order valence-electron chi connectivity index (χ2n) is 5.54. The van der Waals surface area contributed by atoms with Crippen LogP contribution >= 0.6 is 0 Å². The summed E-state index contributed by atoms with van der Waals surface area (Å²) in [4.78, 5) is 0. The number of hydrogen-bond acceptors (Lipinski definition) is 2. The molecule has 0 radical (unpaired) electrons. The minimum Gasteiger partial charge on any atom is -0.380 e. The lowest BCUT2D eigenvalue weighted by Gasteiger charge is -2.15. The van der Waals surface area contributed by atoms with Gasteiger partial charge in [0.15, 0.2) is 0 Å². The van der Waals surface area contributed by atoms with Crippen molar-refractivity contribution < 1.29 is 4.74 Å². The highest BCUT2D eigenvalue weighted by molar-refractivity contribution is 5.31. The van der Waals surface area contributed by atoms with E-state index in [2.05, 4.69) is 44.3 Å². The summed E-state index contributed by atoms with van der Waals surface area (Å²) in [5, 5.41) is 3.51. The van der Waals surface area contributed by atoms with Crippen LogP contribution in [-0.4, -0.2) is 19.8 Å². The molecule has 2 heteroatoms. The molecule has 2 nitrogen and oxygen atoms in total. The molecule has 1 unspecified atom stereocenters. The molecule has 1 atom stereocenters. The first kappa shape index (κ1) is 13.6. The van der Waals surface area contributed by atoms with Gasteiger partial charge in [0.25, 0.3) is 0 Å². The lowest BCUT2D eigenvalue weighted by Crippen LogP contribution is -2.23. The van der Waals surface area contributed by atoms with Crippen LogP contribution in [-0.2, 0) is 4.74 Å². The number of rotatable bonds is 7. The van der Waals surface area contributed by atoms with Gasteiger partial charge in [-0.05, 0) is 56.2 Å². The summed E-state index contributed by atoms with van der Waals surface area (Å²) < 4.78 is 5.62. The van der Waals surface area contributed by atoms with Gasteiger partial charge < -0.3 is 10.1 Å². The third kappa shape index (κ3) is 4.11. The number of ether oxygens (including phenoxy) is 1. The SMILES string of the molecule is Cc1ccc(C(C)NCCOCC2CC2)cc1C. The standard InChI is InChI=1S/C16H25NO/c1-12-4-7-16(10-13(12)2)14(3)17-8-9-18-11-15-5-6-15/h4,7,10,14-15,17H,5-6,8-9,11H2,1-3H3. The molecule has 0 aliphatic heterocycles. The zero-order valence-electron chi connectivity index (χ0n) is 11.8. The zero-order valence-corrected chi connectivity index (χ0v) is 11.8. The van der Waals surface area contributed by atoms with Crippen LogP contribution in [0.2, 0.25) is 0 Å². The normalized spacial score (nSPS) is 16.8. The van der Waals surface area contributed by atoms with Crippen molar-refractivity contribution in [2.45, 2.75) is 39.7 Å². The van der Waals surface area contributed by atoms with E-state index in [9.17, 15) is 0 Å². The van der Waals surface area contributed by atoms with E-state index in [1.807, 2.05) is 0 Å². The number of nitrogens with one attached hydrogen (secondary N) is 1. The molecule has 1 N–H and O–H groups in total. The fraction of sp³-hybridized carbons (Fsp3) is 0.625. The molecule has 100 valence electrons. The van der Waals surface area contributed by atoms with Gasteiger partial charge in [0.2, 0.25) is 0 Å². The van der Waals surface area contributed by atoms with E-state index in [1.54, 1.807) is 0 Å². The molecule has 2 rings (SSSR count). The van der Waals surface area contributed by atoms with Gasteiger partial charge in [0.05, 0.1) is 6.61 Å². The number of benzene rings is 1. The van der Waals surface area contributed by atoms with Crippen LogP contribution in [0.15, 0.2) is 18.2 Å². The van der Waals surface area contributed by atoms with E-state index in [1.165, 1.54) is 29.5 Å². The minimum atomic E-state index is 0.397. The smallest absolute Gasteiger partial charge is 0.0591 e. The monoisotopic (exact) mass is 247 g/mol. The Hall–Kier alpha value is -0.860. The topological polar surface area (TPSA) is 21.3 Å². The molecule has 1 fully saturated rings. The van der Waals surface area contributed by atoms with E-state index in [0.29, 0.717) is 6.04 Å². The van der Waals surface area contributed by atoms with E-state index in [4.69, 9.17) is 4.74 Å². The first-order chi connectivity index (χ1) is 8.66. The van der Waals surface area contributed by atoms with E-state index in [0.717, 1.165) is 25.7 Å². The van der Waals surface area contributed by atoms with Crippen LogP contribution in [0.4, 0.5) is 0 Å². The summed E-state index contributed by atoms with van der Waals surface area (Å²) in [6, 6.07) is 7.09. The Morgan fingerprint density at radius 3 is 2.72 bits per heavy atom. The van der Waals surface area contributed by atoms with Crippen LogP contribution in [0.5, 0.6) is 0 Å². The first-order valence-corrected chi connectivity index (χ1v) is 7.05. The second kappa shape index (κ2) is 6.35. The van der Waals surface area contributed by atoms with Crippen LogP contribution in [0.25, 0.3) is 0 Å². The van der Waals surface area contributed by atoms with Gasteiger partial charge in [-0.3, -0.25) is 0 Å². The van der Waals surface area contributed by atoms with Crippen molar-refractivity contribution in [3.63, 3.8) is 0 Å². The predicted molar refractivity (Wildman–Crippen MR) is 75.9 cm³/mol. The highest BCUT2D eigenvalue weighted by Gasteiger charge is 2.20. The molecular formula is C16H25NO. The Kier molecular flexibility index (Phi) is 4.79. The highest BCUT2D eigenvalue weighted by Crippen LogP contribution is 2.28. The maximum absolute atomic E-state index is 5.62. The van der Waals surface area contributed by atoms with Crippen molar-refractivity contribution >= 4 is 0 Å². The van der Waals surface area contributed by atoms with Gasteiger partial charge in [-0.15, -0.1) is 0 Å².